The molecule has 1 saturated carbocycles. The Balaban J connectivity index is 2.12. The van der Waals surface area contributed by atoms with Crippen molar-refractivity contribution in [2.24, 2.45) is 0 Å². The Kier molecular flexibility index (Phi) is 4.99. The molecule has 1 aromatic carbocycles. The number of carbonyl (C=O) groups is 1. The molecule has 0 aromatic heterocycles. The summed E-state index contributed by atoms with van der Waals surface area (Å²) in [5, 5.41) is 13.7. The maximum Gasteiger partial charge on any atom is 0.337 e. The summed E-state index contributed by atoms with van der Waals surface area (Å²) < 4.78 is 0. The smallest absolute Gasteiger partial charge is 0.337 e. The summed E-state index contributed by atoms with van der Waals surface area (Å²) in [6, 6.07) is 5.34. The molecule has 1 aromatic rings. The first-order chi connectivity index (χ1) is 9.10. The number of anilines is 1. The van der Waals surface area contributed by atoms with Gasteiger partial charge in [-0.25, -0.2) is 4.79 Å². The van der Waals surface area contributed by atoms with E-state index < -0.39 is 5.97 Å². The van der Waals surface area contributed by atoms with Crippen molar-refractivity contribution in [3.8, 4) is 0 Å². The summed E-state index contributed by atoms with van der Waals surface area (Å²) in [7, 11) is 0. The first-order valence-corrected chi connectivity index (χ1v) is 8.09. The maximum atomic E-state index is 11.2. The van der Waals surface area contributed by atoms with E-state index in [2.05, 4.69) is 11.6 Å². The molecular weight excluding hydrogens is 282 g/mol. The van der Waals surface area contributed by atoms with Gasteiger partial charge in [-0.3, -0.25) is 0 Å². The van der Waals surface area contributed by atoms with E-state index in [1.807, 2.05) is 11.8 Å². The topological polar surface area (TPSA) is 49.3 Å². The Labute approximate surface area is 122 Å². The van der Waals surface area contributed by atoms with Crippen LogP contribution in [0.1, 0.15) is 36.0 Å². The van der Waals surface area contributed by atoms with Crippen LogP contribution in [-0.4, -0.2) is 28.6 Å². The van der Waals surface area contributed by atoms with Gasteiger partial charge in [-0.05, 0) is 43.7 Å². The highest BCUT2D eigenvalue weighted by Crippen LogP contribution is 2.30. The lowest BCUT2D eigenvalue weighted by atomic mass is 9.94. The number of hydrogen-bond donors (Lipinski definition) is 2. The molecule has 0 aliphatic heterocycles. The van der Waals surface area contributed by atoms with Gasteiger partial charge in [0.05, 0.1) is 5.56 Å². The fraction of sp³-hybridized carbons (Fsp3) is 0.500. The van der Waals surface area contributed by atoms with E-state index in [1.54, 1.807) is 12.1 Å². The number of halogens is 1. The first kappa shape index (κ1) is 14.5. The highest BCUT2D eigenvalue weighted by molar-refractivity contribution is 7.99. The van der Waals surface area contributed by atoms with Crippen LogP contribution in [0, 0.1) is 0 Å². The minimum absolute atomic E-state index is 0.249. The summed E-state index contributed by atoms with van der Waals surface area (Å²) in [6.45, 7) is 0. The Bertz CT molecular complexity index is 467. The fourth-order valence-corrected chi connectivity index (χ4v) is 3.53. The summed E-state index contributed by atoms with van der Waals surface area (Å²) in [5.74, 6) is -0.942. The zero-order chi connectivity index (χ0) is 13.8. The second-order valence-corrected chi connectivity index (χ2v) is 6.44. The molecule has 1 aliphatic carbocycles. The highest BCUT2D eigenvalue weighted by atomic mass is 35.5. The molecule has 5 heteroatoms. The minimum atomic E-state index is -0.942. The van der Waals surface area contributed by atoms with Crippen LogP contribution in [0.5, 0.6) is 0 Å². The molecule has 3 nitrogen and oxygen atoms in total. The average Bonchev–Trinajstić information content (AvgIpc) is 2.41. The van der Waals surface area contributed by atoms with Crippen molar-refractivity contribution in [3.05, 3.63) is 28.8 Å². The van der Waals surface area contributed by atoms with Gasteiger partial charge in [-0.1, -0.05) is 18.0 Å². The molecule has 0 radical (unpaired) electrons. The van der Waals surface area contributed by atoms with Crippen molar-refractivity contribution >= 4 is 35.0 Å². The van der Waals surface area contributed by atoms with Gasteiger partial charge in [0.1, 0.15) is 0 Å². The van der Waals surface area contributed by atoms with E-state index in [9.17, 15) is 9.90 Å². The van der Waals surface area contributed by atoms with Crippen LogP contribution in [0.2, 0.25) is 5.02 Å². The van der Waals surface area contributed by atoms with Crippen molar-refractivity contribution in [3.63, 3.8) is 0 Å². The summed E-state index contributed by atoms with van der Waals surface area (Å²) in [4.78, 5) is 11.2. The van der Waals surface area contributed by atoms with E-state index in [1.165, 1.54) is 18.9 Å². The lowest BCUT2D eigenvalue weighted by Gasteiger charge is -2.29. The van der Waals surface area contributed by atoms with Crippen LogP contribution in [-0.2, 0) is 0 Å². The van der Waals surface area contributed by atoms with E-state index in [0.717, 1.165) is 12.8 Å². The number of nitrogens with one attached hydrogen (secondary N) is 1. The van der Waals surface area contributed by atoms with Crippen molar-refractivity contribution in [2.45, 2.75) is 37.0 Å². The van der Waals surface area contributed by atoms with E-state index in [0.29, 0.717) is 22.0 Å². The molecule has 0 saturated heterocycles. The van der Waals surface area contributed by atoms with Crippen molar-refractivity contribution < 1.29 is 9.90 Å². The lowest BCUT2D eigenvalue weighted by Crippen LogP contribution is -2.29. The van der Waals surface area contributed by atoms with E-state index in [4.69, 9.17) is 11.6 Å². The minimum Gasteiger partial charge on any atom is -0.478 e. The zero-order valence-electron chi connectivity index (χ0n) is 10.9. The number of hydrogen-bond acceptors (Lipinski definition) is 3. The lowest BCUT2D eigenvalue weighted by molar-refractivity contribution is 0.0698. The van der Waals surface area contributed by atoms with Crippen LogP contribution >= 0.6 is 23.4 Å². The molecule has 1 fully saturated rings. The van der Waals surface area contributed by atoms with Gasteiger partial charge in [0.2, 0.25) is 0 Å². The van der Waals surface area contributed by atoms with Crippen LogP contribution in [0.3, 0.4) is 0 Å². The predicted molar refractivity (Wildman–Crippen MR) is 81.6 cm³/mol. The van der Waals surface area contributed by atoms with Crippen molar-refractivity contribution in [2.75, 3.05) is 11.6 Å². The fourth-order valence-electron chi connectivity index (χ4n) is 2.53. The number of carboxylic acids is 1. The third-order valence-electron chi connectivity index (χ3n) is 3.53. The molecule has 2 rings (SSSR count). The van der Waals surface area contributed by atoms with Crippen molar-refractivity contribution in [1.82, 2.24) is 0 Å². The largest absolute Gasteiger partial charge is 0.478 e. The zero-order valence-corrected chi connectivity index (χ0v) is 12.4. The molecular formula is C14H18ClNO2S. The van der Waals surface area contributed by atoms with Gasteiger partial charge in [0.25, 0.3) is 0 Å². The molecule has 19 heavy (non-hydrogen) atoms. The van der Waals surface area contributed by atoms with Crippen LogP contribution < -0.4 is 5.32 Å². The van der Waals surface area contributed by atoms with Crippen LogP contribution in [0.25, 0.3) is 0 Å². The molecule has 2 unspecified atom stereocenters. The molecule has 1 aliphatic rings. The number of benzene rings is 1. The first-order valence-electron chi connectivity index (χ1n) is 6.42. The Morgan fingerprint density at radius 1 is 1.47 bits per heavy atom. The second kappa shape index (κ2) is 6.53. The SMILES string of the molecule is CSC1CCCC(Nc2ccc(Cl)cc2C(=O)O)C1. The number of carboxylic acid groups (broad SMARTS) is 1. The molecule has 0 bridgehead atoms. The maximum absolute atomic E-state index is 11.2. The number of rotatable bonds is 4. The van der Waals surface area contributed by atoms with Crippen LogP contribution in [0.15, 0.2) is 18.2 Å². The van der Waals surface area contributed by atoms with Gasteiger partial charge in [-0.2, -0.15) is 11.8 Å². The quantitative estimate of drug-likeness (QED) is 0.878. The molecule has 0 spiro atoms. The molecule has 0 heterocycles. The van der Waals surface area contributed by atoms with E-state index in [-0.39, 0.29) is 5.56 Å². The predicted octanol–water partition coefficient (Wildman–Crippen LogP) is 4.12. The highest BCUT2D eigenvalue weighted by Gasteiger charge is 2.22. The second-order valence-electron chi connectivity index (χ2n) is 4.86. The summed E-state index contributed by atoms with van der Waals surface area (Å²) in [6.07, 6.45) is 6.77. The number of aromatic carboxylic acids is 1. The average molecular weight is 300 g/mol. The normalized spacial score (nSPS) is 23.1. The Morgan fingerprint density at radius 3 is 2.95 bits per heavy atom. The van der Waals surface area contributed by atoms with Gasteiger partial charge in [-0.15, -0.1) is 0 Å². The Hall–Kier alpha value is -0.870. The third kappa shape index (κ3) is 3.80. The van der Waals surface area contributed by atoms with Crippen LogP contribution in [0.4, 0.5) is 5.69 Å². The monoisotopic (exact) mass is 299 g/mol. The van der Waals surface area contributed by atoms with Gasteiger partial charge >= 0.3 is 5.97 Å². The molecule has 2 N–H and O–H groups in total. The van der Waals surface area contributed by atoms with Gasteiger partial charge in [0, 0.05) is 22.0 Å². The number of thioether (sulfide) groups is 1. The molecule has 2 atom stereocenters. The standard InChI is InChI=1S/C14H18ClNO2S/c1-19-11-4-2-3-10(8-11)16-13-6-5-9(15)7-12(13)14(17)18/h5-7,10-11,16H,2-4,8H2,1H3,(H,17,18). The van der Waals surface area contributed by atoms with Gasteiger partial charge in [0.15, 0.2) is 0 Å². The Morgan fingerprint density at radius 2 is 2.26 bits per heavy atom. The molecule has 0 amide bonds. The molecule has 104 valence electrons. The third-order valence-corrected chi connectivity index (χ3v) is 4.86. The summed E-state index contributed by atoms with van der Waals surface area (Å²) in [5.41, 5.74) is 0.919. The van der Waals surface area contributed by atoms with Crippen molar-refractivity contribution in [1.29, 1.82) is 0 Å². The summed E-state index contributed by atoms with van der Waals surface area (Å²) >= 11 is 7.75. The van der Waals surface area contributed by atoms with E-state index >= 15 is 0 Å². The van der Waals surface area contributed by atoms with Gasteiger partial charge < -0.3 is 10.4 Å².